The summed E-state index contributed by atoms with van der Waals surface area (Å²) in [6, 6.07) is 12.1. The minimum atomic E-state index is 0.740. The minimum absolute atomic E-state index is 0.740. The van der Waals surface area contributed by atoms with Gasteiger partial charge in [-0.2, -0.15) is 0 Å². The van der Waals surface area contributed by atoms with Gasteiger partial charge in [-0.05, 0) is 32.0 Å². The van der Waals surface area contributed by atoms with E-state index in [1.165, 1.54) is 0 Å². The molecule has 0 saturated carbocycles. The summed E-state index contributed by atoms with van der Waals surface area (Å²) in [5, 5.41) is 0. The predicted molar refractivity (Wildman–Crippen MR) is 77.4 cm³/mol. The molecular weight excluding hydrogens is 222 g/mol. The Hall–Kier alpha value is -1.90. The van der Waals surface area contributed by atoms with Gasteiger partial charge >= 0.3 is 0 Å². The lowest BCUT2D eigenvalue weighted by Crippen LogP contribution is -2.13. The number of benzene rings is 1. The maximum absolute atomic E-state index is 4.43. The van der Waals surface area contributed by atoms with Crippen molar-refractivity contribution in [3.05, 3.63) is 47.8 Å². The summed E-state index contributed by atoms with van der Waals surface area (Å²) in [5.74, 6) is 0.740. The van der Waals surface area contributed by atoms with E-state index in [0.717, 1.165) is 23.0 Å². The molecule has 3 heteroatoms. The summed E-state index contributed by atoms with van der Waals surface area (Å²) < 4.78 is 0. The summed E-state index contributed by atoms with van der Waals surface area (Å²) in [4.78, 5) is 10.8. The van der Waals surface area contributed by atoms with Crippen molar-refractivity contribution in [3.63, 3.8) is 0 Å². The first-order valence-electron chi connectivity index (χ1n) is 6.28. The summed E-state index contributed by atoms with van der Waals surface area (Å²) in [6.45, 7) is 7.97. The van der Waals surface area contributed by atoms with Crippen molar-refractivity contribution in [2.75, 3.05) is 11.9 Å². The van der Waals surface area contributed by atoms with Gasteiger partial charge in [-0.1, -0.05) is 32.0 Å². The van der Waals surface area contributed by atoms with Gasteiger partial charge in [0, 0.05) is 24.1 Å². The molecule has 0 aliphatic rings. The van der Waals surface area contributed by atoms with Crippen LogP contribution in [0.1, 0.15) is 25.2 Å². The highest BCUT2D eigenvalue weighted by Crippen LogP contribution is 2.19. The van der Waals surface area contributed by atoms with Crippen molar-refractivity contribution >= 4 is 11.6 Å². The summed E-state index contributed by atoms with van der Waals surface area (Å²) in [5.41, 5.74) is 3.07. The number of rotatable bonds is 2. The van der Waals surface area contributed by atoms with Crippen LogP contribution in [0, 0.1) is 13.8 Å². The molecule has 0 aliphatic heterocycles. The molecule has 3 nitrogen and oxygen atoms in total. The van der Waals surface area contributed by atoms with Crippen LogP contribution in [0.4, 0.5) is 11.6 Å². The SMILES string of the molecule is CC.Cc1cc(C)nc(N(C)c2ccccc2)n1. The van der Waals surface area contributed by atoms with E-state index in [1.54, 1.807) is 0 Å². The molecule has 0 fully saturated rings. The van der Waals surface area contributed by atoms with Gasteiger partial charge in [-0.15, -0.1) is 0 Å². The van der Waals surface area contributed by atoms with E-state index in [9.17, 15) is 0 Å². The lowest BCUT2D eigenvalue weighted by Gasteiger charge is -2.17. The Morgan fingerprint density at radius 3 is 1.89 bits per heavy atom. The van der Waals surface area contributed by atoms with Gasteiger partial charge in [-0.3, -0.25) is 0 Å². The van der Waals surface area contributed by atoms with E-state index in [-0.39, 0.29) is 0 Å². The number of hydrogen-bond acceptors (Lipinski definition) is 3. The van der Waals surface area contributed by atoms with E-state index in [4.69, 9.17) is 0 Å². The third kappa shape index (κ3) is 3.55. The molecule has 0 amide bonds. The summed E-state index contributed by atoms with van der Waals surface area (Å²) in [6.07, 6.45) is 0. The first-order valence-corrected chi connectivity index (χ1v) is 6.28. The predicted octanol–water partition coefficient (Wildman–Crippen LogP) is 3.89. The number of aromatic nitrogens is 2. The Morgan fingerprint density at radius 1 is 0.889 bits per heavy atom. The number of hydrogen-bond donors (Lipinski definition) is 0. The molecule has 18 heavy (non-hydrogen) atoms. The van der Waals surface area contributed by atoms with Crippen LogP contribution < -0.4 is 4.90 Å². The zero-order chi connectivity index (χ0) is 13.5. The first-order chi connectivity index (χ1) is 8.66. The molecule has 1 aromatic carbocycles. The van der Waals surface area contributed by atoms with Gasteiger partial charge in [0.15, 0.2) is 0 Å². The quantitative estimate of drug-likeness (QED) is 0.801. The fourth-order valence-corrected chi connectivity index (χ4v) is 1.62. The summed E-state index contributed by atoms with van der Waals surface area (Å²) in [7, 11) is 1.98. The van der Waals surface area contributed by atoms with E-state index >= 15 is 0 Å². The van der Waals surface area contributed by atoms with Crippen LogP contribution in [0.15, 0.2) is 36.4 Å². The van der Waals surface area contributed by atoms with Gasteiger partial charge in [0.2, 0.25) is 5.95 Å². The highest BCUT2D eigenvalue weighted by molar-refractivity contribution is 5.55. The molecule has 0 aliphatic carbocycles. The number of para-hydroxylation sites is 1. The largest absolute Gasteiger partial charge is 0.314 e. The fraction of sp³-hybridized carbons (Fsp3) is 0.333. The number of nitrogens with zero attached hydrogens (tertiary/aromatic N) is 3. The van der Waals surface area contributed by atoms with Crippen LogP contribution >= 0.6 is 0 Å². The number of aryl methyl sites for hydroxylation is 2. The Bertz CT molecular complexity index is 460. The Kier molecular flexibility index (Phi) is 5.31. The van der Waals surface area contributed by atoms with Crippen molar-refractivity contribution in [3.8, 4) is 0 Å². The molecule has 0 bridgehead atoms. The number of anilines is 2. The van der Waals surface area contributed by atoms with Crippen LogP contribution in [-0.4, -0.2) is 17.0 Å². The Morgan fingerprint density at radius 2 is 1.39 bits per heavy atom. The summed E-state index contributed by atoms with van der Waals surface area (Å²) >= 11 is 0. The molecule has 2 aromatic rings. The van der Waals surface area contributed by atoms with Crippen molar-refractivity contribution in [1.82, 2.24) is 9.97 Å². The lowest BCUT2D eigenvalue weighted by atomic mass is 10.3. The molecule has 1 aromatic heterocycles. The van der Waals surface area contributed by atoms with Crippen molar-refractivity contribution in [2.45, 2.75) is 27.7 Å². The van der Waals surface area contributed by atoms with Crippen LogP contribution in [0.3, 0.4) is 0 Å². The second-order valence-corrected chi connectivity index (χ2v) is 3.85. The normalized spacial score (nSPS) is 9.39. The maximum atomic E-state index is 4.43. The third-order valence-electron chi connectivity index (χ3n) is 2.41. The third-order valence-corrected chi connectivity index (χ3v) is 2.41. The minimum Gasteiger partial charge on any atom is -0.314 e. The molecule has 1 heterocycles. The average Bonchev–Trinajstić information content (AvgIpc) is 2.40. The van der Waals surface area contributed by atoms with E-state index in [1.807, 2.05) is 76.0 Å². The lowest BCUT2D eigenvalue weighted by molar-refractivity contribution is 0.987. The van der Waals surface area contributed by atoms with Gasteiger partial charge in [-0.25, -0.2) is 9.97 Å². The molecule has 0 unspecified atom stereocenters. The van der Waals surface area contributed by atoms with Gasteiger partial charge in [0.25, 0.3) is 0 Å². The molecule has 0 atom stereocenters. The molecule has 96 valence electrons. The van der Waals surface area contributed by atoms with Crippen molar-refractivity contribution in [2.24, 2.45) is 0 Å². The van der Waals surface area contributed by atoms with Gasteiger partial charge < -0.3 is 4.90 Å². The van der Waals surface area contributed by atoms with Crippen LogP contribution in [0.2, 0.25) is 0 Å². The van der Waals surface area contributed by atoms with Gasteiger partial charge in [0.05, 0.1) is 0 Å². The van der Waals surface area contributed by atoms with Crippen LogP contribution in [-0.2, 0) is 0 Å². The molecule has 0 radical (unpaired) electrons. The standard InChI is InChI=1S/C13H15N3.C2H6/c1-10-9-11(2)15-13(14-10)16(3)12-7-5-4-6-8-12;1-2/h4-9H,1-3H3;1-2H3. The van der Waals surface area contributed by atoms with Crippen molar-refractivity contribution in [1.29, 1.82) is 0 Å². The van der Waals surface area contributed by atoms with E-state index in [2.05, 4.69) is 9.97 Å². The zero-order valence-electron chi connectivity index (χ0n) is 11.8. The second kappa shape index (κ2) is 6.74. The second-order valence-electron chi connectivity index (χ2n) is 3.85. The zero-order valence-corrected chi connectivity index (χ0v) is 11.8. The molecule has 0 saturated heterocycles. The smallest absolute Gasteiger partial charge is 0.230 e. The highest BCUT2D eigenvalue weighted by Gasteiger charge is 2.07. The fourth-order valence-electron chi connectivity index (χ4n) is 1.62. The molecule has 0 spiro atoms. The average molecular weight is 243 g/mol. The molecule has 0 N–H and O–H groups in total. The van der Waals surface area contributed by atoms with Crippen LogP contribution in [0.5, 0.6) is 0 Å². The van der Waals surface area contributed by atoms with Gasteiger partial charge in [0.1, 0.15) is 0 Å². The molecule has 2 rings (SSSR count). The monoisotopic (exact) mass is 243 g/mol. The van der Waals surface area contributed by atoms with E-state index < -0.39 is 0 Å². The topological polar surface area (TPSA) is 29.0 Å². The Labute approximate surface area is 110 Å². The molecular formula is C15H21N3. The highest BCUT2D eigenvalue weighted by atomic mass is 15.2. The maximum Gasteiger partial charge on any atom is 0.230 e. The first kappa shape index (κ1) is 14.2. The van der Waals surface area contributed by atoms with Crippen molar-refractivity contribution < 1.29 is 0 Å². The van der Waals surface area contributed by atoms with E-state index in [0.29, 0.717) is 0 Å². The van der Waals surface area contributed by atoms with Crippen LogP contribution in [0.25, 0.3) is 0 Å². The Balaban J connectivity index is 0.000000771.